The highest BCUT2D eigenvalue weighted by atomic mass is 32.1. The van der Waals surface area contributed by atoms with E-state index < -0.39 is 0 Å². The van der Waals surface area contributed by atoms with Gasteiger partial charge in [0.1, 0.15) is 5.82 Å². The zero-order chi connectivity index (χ0) is 20.4. The Bertz CT molecular complexity index is 1080. The van der Waals surface area contributed by atoms with E-state index in [4.69, 9.17) is 0 Å². The summed E-state index contributed by atoms with van der Waals surface area (Å²) in [5.41, 5.74) is 1.16. The molecule has 1 aliphatic rings. The molecule has 29 heavy (non-hydrogen) atoms. The van der Waals surface area contributed by atoms with E-state index >= 15 is 0 Å². The third-order valence-corrected chi connectivity index (χ3v) is 6.28. The van der Waals surface area contributed by atoms with Crippen LogP contribution in [0, 0.1) is 5.82 Å². The van der Waals surface area contributed by atoms with Crippen LogP contribution in [-0.2, 0) is 13.6 Å². The maximum atomic E-state index is 13.4. The Hall–Kier alpha value is -2.77. The van der Waals surface area contributed by atoms with E-state index in [-0.39, 0.29) is 17.3 Å². The molecule has 0 unspecified atom stereocenters. The van der Waals surface area contributed by atoms with Crippen LogP contribution >= 0.6 is 11.3 Å². The molecule has 1 amide bonds. The lowest BCUT2D eigenvalue weighted by Crippen LogP contribution is -2.48. The summed E-state index contributed by atoms with van der Waals surface area (Å²) in [6.45, 7) is 3.65. The van der Waals surface area contributed by atoms with E-state index in [1.165, 1.54) is 21.6 Å². The summed E-state index contributed by atoms with van der Waals surface area (Å²) in [6, 6.07) is 13.8. The van der Waals surface area contributed by atoms with Crippen molar-refractivity contribution in [3.8, 4) is 10.4 Å². The number of carbonyl (C=O) groups is 1. The molecule has 4 rings (SSSR count). The quantitative estimate of drug-likeness (QED) is 0.662. The summed E-state index contributed by atoms with van der Waals surface area (Å²) in [5.74, 6) is -0.318. The Balaban J connectivity index is 1.35. The van der Waals surface area contributed by atoms with E-state index in [0.717, 1.165) is 30.1 Å². The van der Waals surface area contributed by atoms with E-state index in [0.29, 0.717) is 18.7 Å². The van der Waals surface area contributed by atoms with E-state index in [2.05, 4.69) is 11.0 Å². The van der Waals surface area contributed by atoms with Gasteiger partial charge in [0, 0.05) is 67.4 Å². The number of hydrogen-bond donors (Lipinski definition) is 0. The first kappa shape index (κ1) is 19.5. The zero-order valence-electron chi connectivity index (χ0n) is 16.2. The highest BCUT2D eigenvalue weighted by Gasteiger charge is 2.23. The molecule has 0 atom stereocenters. The molecule has 1 fully saturated rings. The van der Waals surface area contributed by atoms with Gasteiger partial charge in [-0.05, 0) is 35.9 Å². The number of halogens is 1. The van der Waals surface area contributed by atoms with Crippen molar-refractivity contribution in [1.82, 2.24) is 14.4 Å². The molecule has 3 heterocycles. The number of aromatic nitrogens is 1. The van der Waals surface area contributed by atoms with E-state index in [9.17, 15) is 14.0 Å². The first-order chi connectivity index (χ1) is 14.0. The van der Waals surface area contributed by atoms with Crippen molar-refractivity contribution in [2.75, 3.05) is 26.2 Å². The number of benzene rings is 1. The van der Waals surface area contributed by atoms with Crippen molar-refractivity contribution in [3.63, 3.8) is 0 Å². The summed E-state index contributed by atoms with van der Waals surface area (Å²) in [7, 11) is 1.67. The second-order valence-electron chi connectivity index (χ2n) is 7.21. The summed E-state index contributed by atoms with van der Waals surface area (Å²) in [4.78, 5) is 30.8. The van der Waals surface area contributed by atoms with Crippen LogP contribution in [0.1, 0.15) is 15.2 Å². The van der Waals surface area contributed by atoms with Crippen LogP contribution in [0.15, 0.2) is 59.5 Å². The lowest BCUT2D eigenvalue weighted by molar-refractivity contribution is 0.0629. The van der Waals surface area contributed by atoms with Crippen molar-refractivity contribution in [2.24, 2.45) is 7.05 Å². The number of rotatable bonds is 4. The van der Waals surface area contributed by atoms with Crippen LogP contribution in [-0.4, -0.2) is 46.5 Å². The van der Waals surface area contributed by atoms with Gasteiger partial charge in [-0.25, -0.2) is 4.39 Å². The van der Waals surface area contributed by atoms with Crippen molar-refractivity contribution >= 4 is 17.2 Å². The highest BCUT2D eigenvalue weighted by Crippen LogP contribution is 2.29. The predicted molar refractivity (Wildman–Crippen MR) is 113 cm³/mol. The van der Waals surface area contributed by atoms with Gasteiger partial charge in [0.05, 0.1) is 0 Å². The zero-order valence-corrected chi connectivity index (χ0v) is 17.0. The minimum Gasteiger partial charge on any atom is -0.336 e. The Morgan fingerprint density at radius 2 is 1.86 bits per heavy atom. The van der Waals surface area contributed by atoms with E-state index in [1.807, 2.05) is 12.1 Å². The number of aryl methyl sites for hydroxylation is 1. The highest BCUT2D eigenvalue weighted by molar-refractivity contribution is 7.15. The van der Waals surface area contributed by atoms with Crippen molar-refractivity contribution < 1.29 is 9.18 Å². The summed E-state index contributed by atoms with van der Waals surface area (Å²) >= 11 is 1.67. The standard InChI is InChI=1S/C22H22FN3O2S/c1-24-8-7-17(14-21(24)27)22(28)26-11-9-25(10-12-26)15-19-5-6-20(29-19)16-3-2-4-18(23)13-16/h2-8,13-14H,9-12,15H2,1H3. The van der Waals surface area contributed by atoms with Crippen molar-refractivity contribution in [1.29, 1.82) is 0 Å². The van der Waals surface area contributed by atoms with Gasteiger partial charge in [-0.2, -0.15) is 0 Å². The molecular weight excluding hydrogens is 389 g/mol. The SMILES string of the molecule is Cn1ccc(C(=O)N2CCN(Cc3ccc(-c4cccc(F)c4)s3)CC2)cc1=O. The number of thiophene rings is 1. The summed E-state index contributed by atoms with van der Waals surface area (Å²) < 4.78 is 14.9. The van der Waals surface area contributed by atoms with Gasteiger partial charge < -0.3 is 9.47 Å². The van der Waals surface area contributed by atoms with Gasteiger partial charge >= 0.3 is 0 Å². The lowest BCUT2D eigenvalue weighted by Gasteiger charge is -2.34. The lowest BCUT2D eigenvalue weighted by atomic mass is 10.2. The number of pyridine rings is 1. The number of piperazine rings is 1. The normalized spacial score (nSPS) is 14.9. The minimum absolute atomic E-state index is 0.0909. The van der Waals surface area contributed by atoms with Gasteiger partial charge in [0.2, 0.25) is 0 Å². The van der Waals surface area contributed by atoms with Crippen LogP contribution < -0.4 is 5.56 Å². The average Bonchev–Trinajstić information content (AvgIpc) is 3.19. The molecule has 0 saturated carbocycles. The molecule has 7 heteroatoms. The van der Waals surface area contributed by atoms with Gasteiger partial charge in [-0.15, -0.1) is 11.3 Å². The topological polar surface area (TPSA) is 45.6 Å². The second kappa shape index (κ2) is 8.31. The predicted octanol–water partition coefficient (Wildman–Crippen LogP) is 3.21. The van der Waals surface area contributed by atoms with Crippen LogP contribution in [0.2, 0.25) is 0 Å². The molecule has 0 N–H and O–H groups in total. The molecule has 0 radical (unpaired) electrons. The number of nitrogens with zero attached hydrogens (tertiary/aromatic N) is 3. The van der Waals surface area contributed by atoms with E-state index in [1.54, 1.807) is 47.7 Å². The van der Waals surface area contributed by atoms with Crippen molar-refractivity contribution in [3.05, 3.63) is 81.3 Å². The van der Waals surface area contributed by atoms with Gasteiger partial charge in [0.25, 0.3) is 11.5 Å². The average molecular weight is 412 g/mol. The Kier molecular flexibility index (Phi) is 5.60. The maximum absolute atomic E-state index is 13.4. The summed E-state index contributed by atoms with van der Waals surface area (Å²) in [6.07, 6.45) is 1.62. The fraction of sp³-hybridized carbons (Fsp3) is 0.273. The molecular formula is C22H22FN3O2S. The molecule has 0 spiro atoms. The smallest absolute Gasteiger partial charge is 0.254 e. The van der Waals surface area contributed by atoms with Crippen molar-refractivity contribution in [2.45, 2.75) is 6.54 Å². The minimum atomic E-state index is -0.227. The molecule has 2 aromatic heterocycles. The molecule has 5 nitrogen and oxygen atoms in total. The van der Waals surface area contributed by atoms with Gasteiger partial charge in [-0.1, -0.05) is 12.1 Å². The van der Waals surface area contributed by atoms with Gasteiger partial charge in [-0.3, -0.25) is 14.5 Å². The maximum Gasteiger partial charge on any atom is 0.254 e. The Morgan fingerprint density at radius 3 is 2.59 bits per heavy atom. The molecule has 1 aliphatic heterocycles. The Labute approximate surface area is 172 Å². The molecule has 0 aliphatic carbocycles. The number of amides is 1. The molecule has 0 bridgehead atoms. The first-order valence-electron chi connectivity index (χ1n) is 9.52. The van der Waals surface area contributed by atoms with Crippen LogP contribution in [0.3, 0.4) is 0 Å². The fourth-order valence-electron chi connectivity index (χ4n) is 3.45. The monoisotopic (exact) mass is 411 g/mol. The third-order valence-electron chi connectivity index (χ3n) is 5.16. The Morgan fingerprint density at radius 1 is 1.07 bits per heavy atom. The molecule has 1 saturated heterocycles. The van der Waals surface area contributed by atoms with Gasteiger partial charge in [0.15, 0.2) is 0 Å². The second-order valence-corrected chi connectivity index (χ2v) is 8.38. The fourth-order valence-corrected chi connectivity index (χ4v) is 4.50. The largest absolute Gasteiger partial charge is 0.336 e. The van der Waals surface area contributed by atoms with Crippen LogP contribution in [0.4, 0.5) is 4.39 Å². The molecule has 150 valence electrons. The molecule has 3 aromatic rings. The third kappa shape index (κ3) is 4.46. The first-order valence-corrected chi connectivity index (χ1v) is 10.3. The number of carbonyl (C=O) groups excluding carboxylic acids is 1. The summed E-state index contributed by atoms with van der Waals surface area (Å²) in [5, 5.41) is 0. The number of hydrogen-bond acceptors (Lipinski definition) is 4. The van der Waals surface area contributed by atoms with Crippen LogP contribution in [0.25, 0.3) is 10.4 Å². The molecule has 1 aromatic carbocycles. The van der Waals surface area contributed by atoms with Crippen LogP contribution in [0.5, 0.6) is 0 Å².